The van der Waals surface area contributed by atoms with Crippen molar-refractivity contribution in [3.8, 4) is 0 Å². The Hall–Kier alpha value is -1.51. The van der Waals surface area contributed by atoms with E-state index in [4.69, 9.17) is 0 Å². The molecule has 0 bridgehead atoms. The molecule has 0 saturated carbocycles. The fourth-order valence-corrected chi connectivity index (χ4v) is 5.01. The van der Waals surface area contributed by atoms with E-state index >= 15 is 0 Å². The highest BCUT2D eigenvalue weighted by atomic mass is 32.2. The molecule has 0 N–H and O–H groups in total. The molecular formula is C22H25NS. The number of fused-ring (bicyclic) bond motifs is 4. The molecule has 0 amide bonds. The topological polar surface area (TPSA) is 3.24 Å². The smallest absolute Gasteiger partial charge is 0.0197 e. The molecule has 2 aliphatic heterocycles. The Morgan fingerprint density at radius 1 is 0.833 bits per heavy atom. The van der Waals surface area contributed by atoms with Crippen LogP contribution in [0.15, 0.2) is 58.3 Å². The summed E-state index contributed by atoms with van der Waals surface area (Å²) in [5.74, 6) is 0. The minimum atomic E-state index is 1.17. The van der Waals surface area contributed by atoms with Crippen LogP contribution >= 0.6 is 11.8 Å². The summed E-state index contributed by atoms with van der Waals surface area (Å²) in [6.45, 7) is 5.92. The highest BCUT2D eigenvalue weighted by Crippen LogP contribution is 2.46. The number of hydrogen-bond donors (Lipinski definition) is 0. The van der Waals surface area contributed by atoms with Gasteiger partial charge in [0.25, 0.3) is 0 Å². The molecule has 2 aliphatic rings. The van der Waals surface area contributed by atoms with Crippen molar-refractivity contribution in [3.05, 3.63) is 59.7 Å². The van der Waals surface area contributed by atoms with Gasteiger partial charge in [-0.3, -0.25) is 0 Å². The van der Waals surface area contributed by atoms with Crippen LogP contribution in [-0.2, 0) is 0 Å². The summed E-state index contributed by atoms with van der Waals surface area (Å²) in [4.78, 5) is 5.49. The van der Waals surface area contributed by atoms with Gasteiger partial charge in [0.1, 0.15) is 0 Å². The SMILES string of the molecule is CCCCN1CCC2=C(CC1)c1ccccc1Sc1ccccc12. The first-order valence-corrected chi connectivity index (χ1v) is 9.99. The second-order valence-electron chi connectivity index (χ2n) is 6.75. The zero-order chi connectivity index (χ0) is 16.4. The van der Waals surface area contributed by atoms with Crippen LogP contribution in [0, 0.1) is 0 Å². The Kier molecular flexibility index (Phi) is 4.77. The van der Waals surface area contributed by atoms with E-state index in [-0.39, 0.29) is 0 Å². The van der Waals surface area contributed by atoms with Gasteiger partial charge in [-0.05, 0) is 60.2 Å². The van der Waals surface area contributed by atoms with Crippen LogP contribution in [0.2, 0.25) is 0 Å². The van der Waals surface area contributed by atoms with E-state index in [9.17, 15) is 0 Å². The molecule has 0 unspecified atom stereocenters. The van der Waals surface area contributed by atoms with Crippen LogP contribution < -0.4 is 0 Å². The Balaban J connectivity index is 1.77. The van der Waals surface area contributed by atoms with Gasteiger partial charge in [-0.15, -0.1) is 0 Å². The maximum absolute atomic E-state index is 2.66. The standard InChI is InChI=1S/C22H25NS/c1-2-3-14-23-15-12-17-18(13-16-23)20-9-5-7-11-22(20)24-21-10-6-4-8-19(17)21/h4-11H,2-3,12-16H2,1H3. The predicted octanol–water partition coefficient (Wildman–Crippen LogP) is 5.96. The van der Waals surface area contributed by atoms with Crippen molar-refractivity contribution in [3.63, 3.8) is 0 Å². The van der Waals surface area contributed by atoms with Crippen LogP contribution in [0.5, 0.6) is 0 Å². The molecule has 2 aromatic carbocycles. The van der Waals surface area contributed by atoms with Gasteiger partial charge in [-0.25, -0.2) is 0 Å². The van der Waals surface area contributed by atoms with Crippen molar-refractivity contribution in [1.29, 1.82) is 0 Å². The van der Waals surface area contributed by atoms with Crippen LogP contribution in [0.4, 0.5) is 0 Å². The fourth-order valence-electron chi connectivity index (χ4n) is 3.88. The molecule has 1 nitrogen and oxygen atoms in total. The third-order valence-electron chi connectivity index (χ3n) is 5.19. The Labute approximate surface area is 149 Å². The molecule has 0 aliphatic carbocycles. The maximum Gasteiger partial charge on any atom is 0.0197 e. The van der Waals surface area contributed by atoms with E-state index in [2.05, 4.69) is 60.4 Å². The summed E-state index contributed by atoms with van der Waals surface area (Å²) in [5.41, 5.74) is 6.10. The average molecular weight is 336 g/mol. The summed E-state index contributed by atoms with van der Waals surface area (Å²) in [7, 11) is 0. The van der Waals surface area contributed by atoms with E-state index in [1.165, 1.54) is 66.2 Å². The number of hydrogen-bond acceptors (Lipinski definition) is 2. The molecule has 0 fully saturated rings. The van der Waals surface area contributed by atoms with Gasteiger partial charge in [0.2, 0.25) is 0 Å². The maximum atomic E-state index is 2.66. The highest BCUT2D eigenvalue weighted by Gasteiger charge is 2.24. The Morgan fingerprint density at radius 2 is 1.38 bits per heavy atom. The van der Waals surface area contributed by atoms with Gasteiger partial charge in [-0.2, -0.15) is 0 Å². The zero-order valence-corrected chi connectivity index (χ0v) is 15.2. The van der Waals surface area contributed by atoms with E-state index in [0.29, 0.717) is 0 Å². The highest BCUT2D eigenvalue weighted by molar-refractivity contribution is 7.99. The molecule has 2 heteroatoms. The van der Waals surface area contributed by atoms with Crippen molar-refractivity contribution in [2.24, 2.45) is 0 Å². The van der Waals surface area contributed by atoms with Crippen molar-refractivity contribution in [1.82, 2.24) is 4.90 Å². The van der Waals surface area contributed by atoms with Gasteiger partial charge in [0.05, 0.1) is 0 Å². The second-order valence-corrected chi connectivity index (χ2v) is 7.83. The Morgan fingerprint density at radius 3 is 1.92 bits per heavy atom. The summed E-state index contributed by atoms with van der Waals surface area (Å²) < 4.78 is 0. The summed E-state index contributed by atoms with van der Waals surface area (Å²) in [6.07, 6.45) is 4.94. The summed E-state index contributed by atoms with van der Waals surface area (Å²) in [6, 6.07) is 17.9. The first-order valence-electron chi connectivity index (χ1n) is 9.18. The molecule has 0 radical (unpaired) electrons. The third kappa shape index (κ3) is 3.05. The summed E-state index contributed by atoms with van der Waals surface area (Å²) >= 11 is 1.94. The third-order valence-corrected chi connectivity index (χ3v) is 6.34. The average Bonchev–Trinajstić information content (AvgIpc) is 2.90. The van der Waals surface area contributed by atoms with Crippen LogP contribution in [0.1, 0.15) is 43.7 Å². The number of unbranched alkanes of at least 4 members (excludes halogenated alkanes) is 1. The Bertz CT molecular complexity index is 703. The molecule has 0 spiro atoms. The normalized spacial score (nSPS) is 17.5. The minimum Gasteiger partial charge on any atom is -0.303 e. The first-order chi connectivity index (χ1) is 11.9. The second kappa shape index (κ2) is 7.16. The zero-order valence-electron chi connectivity index (χ0n) is 14.4. The molecule has 124 valence electrons. The van der Waals surface area contributed by atoms with Gasteiger partial charge in [0, 0.05) is 22.9 Å². The molecule has 2 aromatic rings. The lowest BCUT2D eigenvalue weighted by atomic mass is 9.91. The number of rotatable bonds is 3. The van der Waals surface area contributed by atoms with Crippen LogP contribution in [0.25, 0.3) is 11.1 Å². The monoisotopic (exact) mass is 335 g/mol. The van der Waals surface area contributed by atoms with Crippen molar-refractivity contribution in [2.75, 3.05) is 19.6 Å². The molecule has 0 atom stereocenters. The molecule has 2 heterocycles. The van der Waals surface area contributed by atoms with Crippen LogP contribution in [-0.4, -0.2) is 24.5 Å². The lowest BCUT2D eigenvalue weighted by Gasteiger charge is -2.20. The van der Waals surface area contributed by atoms with Gasteiger partial charge < -0.3 is 4.90 Å². The minimum absolute atomic E-state index is 1.17. The lowest BCUT2D eigenvalue weighted by molar-refractivity contribution is 0.286. The van der Waals surface area contributed by atoms with E-state index in [1.807, 2.05) is 11.8 Å². The predicted molar refractivity (Wildman–Crippen MR) is 104 cm³/mol. The van der Waals surface area contributed by atoms with Gasteiger partial charge >= 0.3 is 0 Å². The molecule has 4 rings (SSSR count). The first kappa shape index (κ1) is 16.0. The largest absolute Gasteiger partial charge is 0.303 e. The van der Waals surface area contributed by atoms with Crippen molar-refractivity contribution >= 4 is 22.9 Å². The quantitative estimate of drug-likeness (QED) is 0.681. The fraction of sp³-hybridized carbons (Fsp3) is 0.364. The molecular weight excluding hydrogens is 310 g/mol. The lowest BCUT2D eigenvalue weighted by Crippen LogP contribution is -2.26. The number of nitrogens with zero attached hydrogens (tertiary/aromatic N) is 1. The van der Waals surface area contributed by atoms with E-state index in [1.54, 1.807) is 11.1 Å². The van der Waals surface area contributed by atoms with Crippen molar-refractivity contribution in [2.45, 2.75) is 42.4 Å². The van der Waals surface area contributed by atoms with E-state index in [0.717, 1.165) is 0 Å². The molecule has 0 aromatic heterocycles. The van der Waals surface area contributed by atoms with E-state index < -0.39 is 0 Å². The van der Waals surface area contributed by atoms with Crippen molar-refractivity contribution < 1.29 is 0 Å². The van der Waals surface area contributed by atoms with Crippen LogP contribution in [0.3, 0.4) is 0 Å². The molecule has 0 saturated heterocycles. The van der Waals surface area contributed by atoms with Gasteiger partial charge in [0.15, 0.2) is 0 Å². The number of benzene rings is 2. The molecule has 24 heavy (non-hydrogen) atoms. The van der Waals surface area contributed by atoms with Gasteiger partial charge in [-0.1, -0.05) is 61.5 Å². The summed E-state index contributed by atoms with van der Waals surface area (Å²) in [5, 5.41) is 0.